The first-order valence-electron chi connectivity index (χ1n) is 5.19. The highest BCUT2D eigenvalue weighted by Gasteiger charge is 2.12. The van der Waals surface area contributed by atoms with Crippen LogP contribution in [-0.2, 0) is 0 Å². The number of Topliss-reactive ketones (excluding diaryl/α,β-unsaturated/α-hetero) is 1. The Balaban J connectivity index is 2.70. The van der Waals surface area contributed by atoms with E-state index < -0.39 is 0 Å². The Morgan fingerprint density at radius 2 is 2.12 bits per heavy atom. The van der Waals surface area contributed by atoms with Crippen LogP contribution in [0.4, 0.5) is 0 Å². The average Bonchev–Trinajstić information content (AvgIpc) is 2.51. The average molecular weight is 237 g/mol. The van der Waals surface area contributed by atoms with Gasteiger partial charge in [-0.2, -0.15) is 0 Å². The van der Waals surface area contributed by atoms with E-state index in [0.717, 1.165) is 11.0 Å². The third-order valence-electron chi connectivity index (χ3n) is 2.57. The second-order valence-corrected chi connectivity index (χ2v) is 4.44. The fraction of sp³-hybridized carbons (Fsp3) is 0.333. The lowest BCUT2D eigenvalue weighted by atomic mass is 10.1. The number of hydrogen-bond donors (Lipinski definition) is 0. The van der Waals surface area contributed by atoms with Crippen molar-refractivity contribution in [1.82, 2.24) is 9.55 Å². The predicted molar refractivity (Wildman–Crippen MR) is 65.1 cm³/mol. The SMILES string of the molecule is CC(=O)c1ccc2c(c1)nc(Cl)n2C(C)C. The second-order valence-electron chi connectivity index (χ2n) is 4.10. The van der Waals surface area contributed by atoms with Gasteiger partial charge in [-0.1, -0.05) is 0 Å². The summed E-state index contributed by atoms with van der Waals surface area (Å²) < 4.78 is 1.95. The van der Waals surface area contributed by atoms with E-state index in [0.29, 0.717) is 10.8 Å². The van der Waals surface area contributed by atoms with Gasteiger partial charge in [0.2, 0.25) is 5.28 Å². The molecule has 0 saturated carbocycles. The third kappa shape index (κ3) is 1.71. The van der Waals surface area contributed by atoms with Gasteiger partial charge in [0.1, 0.15) is 0 Å². The van der Waals surface area contributed by atoms with Gasteiger partial charge >= 0.3 is 0 Å². The molecule has 2 rings (SSSR count). The van der Waals surface area contributed by atoms with E-state index in [1.165, 1.54) is 0 Å². The third-order valence-corrected chi connectivity index (χ3v) is 2.84. The van der Waals surface area contributed by atoms with E-state index in [2.05, 4.69) is 4.98 Å². The number of ketones is 1. The fourth-order valence-corrected chi connectivity index (χ4v) is 2.16. The molecule has 0 N–H and O–H groups in total. The molecule has 0 aliphatic heterocycles. The number of benzene rings is 1. The number of carbonyl (C=O) groups excluding carboxylic acids is 1. The molecule has 0 aliphatic carbocycles. The highest BCUT2D eigenvalue weighted by molar-refractivity contribution is 6.29. The molecule has 84 valence electrons. The van der Waals surface area contributed by atoms with Crippen molar-refractivity contribution in [3.63, 3.8) is 0 Å². The summed E-state index contributed by atoms with van der Waals surface area (Å²) in [6.45, 7) is 5.64. The molecule has 1 heterocycles. The number of carbonyl (C=O) groups is 1. The normalized spacial score (nSPS) is 11.3. The molecule has 3 nitrogen and oxygen atoms in total. The topological polar surface area (TPSA) is 34.9 Å². The monoisotopic (exact) mass is 236 g/mol. The Hall–Kier alpha value is -1.35. The molecule has 0 atom stereocenters. The molecule has 0 aliphatic rings. The first-order valence-corrected chi connectivity index (χ1v) is 5.57. The van der Waals surface area contributed by atoms with Gasteiger partial charge in [0.25, 0.3) is 0 Å². The molecule has 0 amide bonds. The molecule has 1 aromatic carbocycles. The molecular weight excluding hydrogens is 224 g/mol. The lowest BCUT2D eigenvalue weighted by Crippen LogP contribution is -2.00. The molecule has 2 aromatic rings. The van der Waals surface area contributed by atoms with Crippen LogP contribution in [0.5, 0.6) is 0 Å². The van der Waals surface area contributed by atoms with Crippen LogP contribution in [0.25, 0.3) is 11.0 Å². The van der Waals surface area contributed by atoms with Gasteiger partial charge < -0.3 is 4.57 Å². The van der Waals surface area contributed by atoms with E-state index in [4.69, 9.17) is 11.6 Å². The van der Waals surface area contributed by atoms with Gasteiger partial charge in [-0.3, -0.25) is 4.79 Å². The Kier molecular flexibility index (Phi) is 2.72. The number of imidazole rings is 1. The maximum absolute atomic E-state index is 11.2. The molecule has 4 heteroatoms. The summed E-state index contributed by atoms with van der Waals surface area (Å²) in [6, 6.07) is 5.73. The summed E-state index contributed by atoms with van der Waals surface area (Å²) in [7, 11) is 0. The van der Waals surface area contributed by atoms with E-state index in [1.54, 1.807) is 13.0 Å². The maximum atomic E-state index is 11.2. The molecule has 1 aromatic heterocycles. The van der Waals surface area contributed by atoms with Gasteiger partial charge in [0.05, 0.1) is 11.0 Å². The van der Waals surface area contributed by atoms with Crippen LogP contribution in [-0.4, -0.2) is 15.3 Å². The van der Waals surface area contributed by atoms with Gasteiger partial charge in [0, 0.05) is 11.6 Å². The number of fused-ring (bicyclic) bond motifs is 1. The van der Waals surface area contributed by atoms with Crippen molar-refractivity contribution >= 4 is 28.4 Å². The number of hydrogen-bond acceptors (Lipinski definition) is 2. The first-order chi connectivity index (χ1) is 7.50. The standard InChI is InChI=1S/C12H13ClN2O/c1-7(2)15-11-5-4-9(8(3)16)6-10(11)14-12(15)13/h4-7H,1-3H3. The number of rotatable bonds is 2. The quantitative estimate of drug-likeness (QED) is 0.749. The molecule has 0 unspecified atom stereocenters. The minimum atomic E-state index is 0.0390. The summed E-state index contributed by atoms with van der Waals surface area (Å²) in [4.78, 5) is 15.5. The summed E-state index contributed by atoms with van der Waals surface area (Å²) in [6.07, 6.45) is 0. The van der Waals surface area contributed by atoms with Crippen LogP contribution < -0.4 is 0 Å². The van der Waals surface area contributed by atoms with Crippen LogP contribution in [0, 0.1) is 0 Å². The van der Waals surface area contributed by atoms with E-state index in [-0.39, 0.29) is 11.8 Å². The first kappa shape index (κ1) is 11.1. The summed E-state index contributed by atoms with van der Waals surface area (Å²) in [5.41, 5.74) is 2.40. The van der Waals surface area contributed by atoms with E-state index in [1.807, 2.05) is 30.5 Å². The van der Waals surface area contributed by atoms with Gasteiger partial charge in [-0.15, -0.1) is 0 Å². The van der Waals surface area contributed by atoms with Gasteiger partial charge in [-0.05, 0) is 50.6 Å². The number of aromatic nitrogens is 2. The van der Waals surface area contributed by atoms with Crippen molar-refractivity contribution in [2.45, 2.75) is 26.8 Å². The highest BCUT2D eigenvalue weighted by atomic mass is 35.5. The van der Waals surface area contributed by atoms with Crippen molar-refractivity contribution in [3.05, 3.63) is 29.0 Å². The molecular formula is C12H13ClN2O. The number of halogens is 1. The van der Waals surface area contributed by atoms with Crippen LogP contribution >= 0.6 is 11.6 Å². The molecule has 0 bridgehead atoms. The second kappa shape index (κ2) is 3.91. The molecule has 0 saturated heterocycles. The lowest BCUT2D eigenvalue weighted by Gasteiger charge is -2.09. The number of nitrogens with zero attached hydrogens (tertiary/aromatic N) is 2. The summed E-state index contributed by atoms with van der Waals surface area (Å²) in [5.74, 6) is 0.0390. The maximum Gasteiger partial charge on any atom is 0.204 e. The lowest BCUT2D eigenvalue weighted by molar-refractivity contribution is 0.101. The van der Waals surface area contributed by atoms with Crippen molar-refractivity contribution in [3.8, 4) is 0 Å². The molecule has 0 spiro atoms. The molecule has 16 heavy (non-hydrogen) atoms. The zero-order chi connectivity index (χ0) is 11.9. The molecule has 0 fully saturated rings. The van der Waals surface area contributed by atoms with Crippen LogP contribution in [0.15, 0.2) is 18.2 Å². The Morgan fingerprint density at radius 1 is 1.44 bits per heavy atom. The zero-order valence-electron chi connectivity index (χ0n) is 9.49. The highest BCUT2D eigenvalue weighted by Crippen LogP contribution is 2.24. The van der Waals surface area contributed by atoms with Crippen molar-refractivity contribution in [1.29, 1.82) is 0 Å². The minimum absolute atomic E-state index is 0.0390. The van der Waals surface area contributed by atoms with Crippen LogP contribution in [0.2, 0.25) is 5.28 Å². The largest absolute Gasteiger partial charge is 0.312 e. The zero-order valence-corrected chi connectivity index (χ0v) is 10.2. The summed E-state index contributed by atoms with van der Waals surface area (Å²) in [5, 5.41) is 0.464. The summed E-state index contributed by atoms with van der Waals surface area (Å²) >= 11 is 6.06. The van der Waals surface area contributed by atoms with E-state index >= 15 is 0 Å². The van der Waals surface area contributed by atoms with Crippen molar-refractivity contribution in [2.75, 3.05) is 0 Å². The van der Waals surface area contributed by atoms with E-state index in [9.17, 15) is 4.79 Å². The Bertz CT molecular complexity index is 557. The van der Waals surface area contributed by atoms with Gasteiger partial charge in [-0.25, -0.2) is 4.98 Å². The molecule has 0 radical (unpaired) electrons. The minimum Gasteiger partial charge on any atom is -0.312 e. The smallest absolute Gasteiger partial charge is 0.204 e. The predicted octanol–water partition coefficient (Wildman–Crippen LogP) is 3.47. The van der Waals surface area contributed by atoms with Crippen LogP contribution in [0.1, 0.15) is 37.2 Å². The fourth-order valence-electron chi connectivity index (χ4n) is 1.78. The van der Waals surface area contributed by atoms with Crippen LogP contribution in [0.3, 0.4) is 0 Å². The van der Waals surface area contributed by atoms with Crippen molar-refractivity contribution < 1.29 is 4.79 Å². The Morgan fingerprint density at radius 3 is 2.69 bits per heavy atom. The van der Waals surface area contributed by atoms with Crippen molar-refractivity contribution in [2.24, 2.45) is 0 Å². The van der Waals surface area contributed by atoms with Gasteiger partial charge in [0.15, 0.2) is 5.78 Å². The Labute approximate surface area is 99.0 Å².